The molecule has 98 valence electrons. The van der Waals surface area contributed by atoms with Crippen LogP contribution in [0.3, 0.4) is 0 Å². The van der Waals surface area contributed by atoms with Crippen LogP contribution in [0.5, 0.6) is 5.75 Å². The maximum absolute atomic E-state index is 11.3. The van der Waals surface area contributed by atoms with E-state index in [0.29, 0.717) is 16.9 Å². The number of hydrogen-bond acceptors (Lipinski definition) is 3. The molecular weight excluding hydrogens is 242 g/mol. The molecule has 0 amide bonds. The number of nitrogens with two attached hydrogens (primary N) is 1. The Balaban J connectivity index is 2.79. The van der Waals surface area contributed by atoms with Crippen LogP contribution in [0.25, 0.3) is 11.1 Å². The third-order valence-electron chi connectivity index (χ3n) is 3.02. The summed E-state index contributed by atoms with van der Waals surface area (Å²) < 4.78 is 5.32. The largest absolute Gasteiger partial charge is 0.496 e. The molecular formula is C15H15NO3. The van der Waals surface area contributed by atoms with E-state index in [1.165, 1.54) is 0 Å². The molecule has 4 nitrogen and oxygen atoms in total. The second-order valence-corrected chi connectivity index (χ2v) is 4.23. The summed E-state index contributed by atoms with van der Waals surface area (Å²) in [5, 5.41) is 9.26. The van der Waals surface area contributed by atoms with Crippen molar-refractivity contribution in [1.29, 1.82) is 0 Å². The Morgan fingerprint density at radius 2 is 1.89 bits per heavy atom. The Kier molecular flexibility index (Phi) is 3.42. The van der Waals surface area contributed by atoms with Crippen molar-refractivity contribution in [2.75, 3.05) is 12.8 Å². The lowest BCUT2D eigenvalue weighted by Gasteiger charge is -2.16. The highest BCUT2D eigenvalue weighted by Gasteiger charge is 2.20. The summed E-state index contributed by atoms with van der Waals surface area (Å²) in [6.45, 7) is 1.71. The summed E-state index contributed by atoms with van der Waals surface area (Å²) in [7, 11) is 1.54. The van der Waals surface area contributed by atoms with Crippen LogP contribution in [0, 0.1) is 6.92 Å². The predicted octanol–water partition coefficient (Wildman–Crippen LogP) is 2.95. The average Bonchev–Trinajstić information content (AvgIpc) is 2.38. The van der Waals surface area contributed by atoms with E-state index in [1.807, 2.05) is 30.3 Å². The lowest BCUT2D eigenvalue weighted by molar-refractivity contribution is 0.0697. The van der Waals surface area contributed by atoms with Gasteiger partial charge in [-0.25, -0.2) is 4.79 Å². The van der Waals surface area contributed by atoms with Crippen LogP contribution in [-0.4, -0.2) is 18.2 Å². The highest BCUT2D eigenvalue weighted by atomic mass is 16.5. The number of aromatic carboxylic acids is 1. The Hall–Kier alpha value is -2.49. The van der Waals surface area contributed by atoms with Crippen molar-refractivity contribution < 1.29 is 14.6 Å². The van der Waals surface area contributed by atoms with E-state index in [0.717, 1.165) is 5.56 Å². The average molecular weight is 257 g/mol. The van der Waals surface area contributed by atoms with Crippen molar-refractivity contribution in [3.63, 3.8) is 0 Å². The SMILES string of the molecule is COc1cc(C)c(C(=O)O)c(N)c1-c1ccccc1. The van der Waals surface area contributed by atoms with E-state index in [-0.39, 0.29) is 11.3 Å². The number of methoxy groups -OCH3 is 1. The monoisotopic (exact) mass is 257 g/mol. The molecule has 2 aromatic rings. The molecule has 0 aromatic heterocycles. The number of carboxylic acid groups (broad SMARTS) is 1. The van der Waals surface area contributed by atoms with Gasteiger partial charge in [-0.2, -0.15) is 0 Å². The minimum atomic E-state index is -1.03. The minimum Gasteiger partial charge on any atom is -0.496 e. The molecule has 0 unspecified atom stereocenters. The molecule has 0 saturated heterocycles. The van der Waals surface area contributed by atoms with E-state index in [1.54, 1.807) is 20.1 Å². The smallest absolute Gasteiger partial charge is 0.338 e. The van der Waals surface area contributed by atoms with Crippen LogP contribution in [0.15, 0.2) is 36.4 Å². The molecule has 0 spiro atoms. The molecule has 4 heteroatoms. The van der Waals surface area contributed by atoms with Crippen molar-refractivity contribution in [2.45, 2.75) is 6.92 Å². The minimum absolute atomic E-state index is 0.125. The van der Waals surface area contributed by atoms with Gasteiger partial charge in [0.25, 0.3) is 0 Å². The number of carboxylic acids is 1. The van der Waals surface area contributed by atoms with E-state index >= 15 is 0 Å². The molecule has 3 N–H and O–H groups in total. The van der Waals surface area contributed by atoms with Gasteiger partial charge in [0, 0.05) is 5.56 Å². The first kappa shape index (κ1) is 13.0. The predicted molar refractivity (Wildman–Crippen MR) is 74.5 cm³/mol. The van der Waals surface area contributed by atoms with E-state index < -0.39 is 5.97 Å². The first-order valence-electron chi connectivity index (χ1n) is 5.82. The molecule has 2 aromatic carbocycles. The Morgan fingerprint density at radius 3 is 2.42 bits per heavy atom. The molecule has 0 atom stereocenters. The Labute approximate surface area is 111 Å². The number of anilines is 1. The van der Waals surface area contributed by atoms with Crippen molar-refractivity contribution in [1.82, 2.24) is 0 Å². The number of benzene rings is 2. The Bertz CT molecular complexity index is 621. The normalized spacial score (nSPS) is 10.2. The van der Waals surface area contributed by atoms with Gasteiger partial charge in [-0.3, -0.25) is 0 Å². The molecule has 0 saturated carbocycles. The molecule has 19 heavy (non-hydrogen) atoms. The fourth-order valence-electron chi connectivity index (χ4n) is 2.16. The van der Waals surface area contributed by atoms with Crippen LogP contribution < -0.4 is 10.5 Å². The molecule has 0 heterocycles. The van der Waals surface area contributed by atoms with Gasteiger partial charge in [-0.15, -0.1) is 0 Å². The van der Waals surface area contributed by atoms with Crippen LogP contribution in [0.1, 0.15) is 15.9 Å². The van der Waals surface area contributed by atoms with E-state index in [4.69, 9.17) is 10.5 Å². The van der Waals surface area contributed by atoms with Crippen molar-refractivity contribution in [3.05, 3.63) is 47.5 Å². The number of rotatable bonds is 3. The number of nitrogen functional groups attached to an aromatic ring is 1. The van der Waals surface area contributed by atoms with Crippen LogP contribution >= 0.6 is 0 Å². The van der Waals surface area contributed by atoms with E-state index in [2.05, 4.69) is 0 Å². The lowest BCUT2D eigenvalue weighted by atomic mass is 9.95. The fraction of sp³-hybridized carbons (Fsp3) is 0.133. The molecule has 0 radical (unpaired) electrons. The van der Waals surface area contributed by atoms with E-state index in [9.17, 15) is 9.90 Å². The Morgan fingerprint density at radius 1 is 1.26 bits per heavy atom. The third kappa shape index (κ3) is 2.25. The lowest BCUT2D eigenvalue weighted by Crippen LogP contribution is -2.08. The molecule has 2 rings (SSSR count). The van der Waals surface area contributed by atoms with Crippen molar-refractivity contribution in [2.24, 2.45) is 0 Å². The second kappa shape index (κ2) is 5.02. The molecule has 0 aliphatic heterocycles. The number of aryl methyl sites for hydroxylation is 1. The quantitative estimate of drug-likeness (QED) is 0.829. The highest BCUT2D eigenvalue weighted by molar-refractivity contribution is 6.01. The van der Waals surface area contributed by atoms with Crippen molar-refractivity contribution >= 4 is 11.7 Å². The van der Waals surface area contributed by atoms with Crippen LogP contribution in [0.4, 0.5) is 5.69 Å². The van der Waals surface area contributed by atoms with Gasteiger partial charge in [-0.05, 0) is 24.1 Å². The number of carbonyl (C=O) groups is 1. The molecule has 0 fully saturated rings. The third-order valence-corrected chi connectivity index (χ3v) is 3.02. The van der Waals surface area contributed by atoms with Crippen molar-refractivity contribution in [3.8, 4) is 16.9 Å². The maximum atomic E-state index is 11.3. The zero-order valence-electron chi connectivity index (χ0n) is 10.8. The van der Waals surface area contributed by atoms with Gasteiger partial charge < -0.3 is 15.6 Å². The second-order valence-electron chi connectivity index (χ2n) is 4.23. The summed E-state index contributed by atoms with van der Waals surface area (Å²) in [5.74, 6) is -0.457. The van der Waals surface area contributed by atoms with Crippen LogP contribution in [-0.2, 0) is 0 Å². The zero-order chi connectivity index (χ0) is 14.0. The highest BCUT2D eigenvalue weighted by Crippen LogP contribution is 2.39. The topological polar surface area (TPSA) is 72.5 Å². The standard InChI is InChI=1S/C15H15NO3/c1-9-8-11(19-2)13(10-6-4-3-5-7-10)14(16)12(9)15(17)18/h3-8H,16H2,1-2H3,(H,17,18). The molecule has 0 aliphatic rings. The van der Waals surface area contributed by atoms with Crippen LogP contribution in [0.2, 0.25) is 0 Å². The summed E-state index contributed by atoms with van der Waals surface area (Å²) in [6, 6.07) is 11.1. The van der Waals surface area contributed by atoms with Gasteiger partial charge in [0.15, 0.2) is 0 Å². The first-order chi connectivity index (χ1) is 9.06. The summed E-state index contributed by atoms with van der Waals surface area (Å²) in [4.78, 5) is 11.3. The fourth-order valence-corrected chi connectivity index (χ4v) is 2.16. The maximum Gasteiger partial charge on any atom is 0.338 e. The van der Waals surface area contributed by atoms with Gasteiger partial charge in [0.1, 0.15) is 5.75 Å². The molecule has 0 aliphatic carbocycles. The zero-order valence-corrected chi connectivity index (χ0v) is 10.8. The summed E-state index contributed by atoms with van der Waals surface area (Å²) >= 11 is 0. The summed E-state index contributed by atoms with van der Waals surface area (Å²) in [5.41, 5.74) is 8.42. The summed E-state index contributed by atoms with van der Waals surface area (Å²) in [6.07, 6.45) is 0. The van der Waals surface area contributed by atoms with Gasteiger partial charge in [-0.1, -0.05) is 30.3 Å². The molecule has 0 bridgehead atoms. The van der Waals surface area contributed by atoms with Gasteiger partial charge in [0.05, 0.1) is 18.4 Å². The van der Waals surface area contributed by atoms with Gasteiger partial charge >= 0.3 is 5.97 Å². The van der Waals surface area contributed by atoms with Gasteiger partial charge in [0.2, 0.25) is 0 Å². The first-order valence-corrected chi connectivity index (χ1v) is 5.82. The number of ether oxygens (including phenoxy) is 1. The number of hydrogen-bond donors (Lipinski definition) is 2.